The molecule has 4 nitrogen and oxygen atoms in total. The molecule has 0 saturated heterocycles. The molecule has 1 aliphatic carbocycles. The summed E-state index contributed by atoms with van der Waals surface area (Å²) >= 11 is 0. The lowest BCUT2D eigenvalue weighted by molar-refractivity contribution is 0.0982. The van der Waals surface area contributed by atoms with Gasteiger partial charge in [0.05, 0.1) is 16.9 Å². The molecular weight excluding hydrogens is 300 g/mol. The van der Waals surface area contributed by atoms with Crippen LogP contribution < -0.4 is 4.90 Å². The summed E-state index contributed by atoms with van der Waals surface area (Å²) in [7, 11) is 0. The lowest BCUT2D eigenvalue weighted by atomic mass is 9.90. The third-order valence-electron chi connectivity index (χ3n) is 5.21. The van der Waals surface area contributed by atoms with Gasteiger partial charge in [0.1, 0.15) is 5.75 Å². The second-order valence-corrected chi connectivity index (χ2v) is 7.00. The van der Waals surface area contributed by atoms with Gasteiger partial charge in [-0.25, -0.2) is 0 Å². The second kappa shape index (κ2) is 5.62. The lowest BCUT2D eigenvalue weighted by Gasteiger charge is -2.33. The highest BCUT2D eigenvalue weighted by Crippen LogP contribution is 2.42. The van der Waals surface area contributed by atoms with Gasteiger partial charge >= 0.3 is 0 Å². The molecule has 0 spiro atoms. The van der Waals surface area contributed by atoms with Crippen LogP contribution >= 0.6 is 0 Å². The SMILES string of the molecule is Cc1nc(C2CC2)ccc1C(=O)N1CCC(C)c2cccc(O)c21. The van der Waals surface area contributed by atoms with Crippen molar-refractivity contribution < 1.29 is 9.90 Å². The fraction of sp³-hybridized carbons (Fsp3) is 0.400. The quantitative estimate of drug-likeness (QED) is 0.904. The topological polar surface area (TPSA) is 53.4 Å². The van der Waals surface area contributed by atoms with Gasteiger partial charge in [-0.15, -0.1) is 0 Å². The fourth-order valence-electron chi connectivity index (χ4n) is 3.59. The van der Waals surface area contributed by atoms with Crippen LogP contribution in [0.5, 0.6) is 5.75 Å². The third kappa shape index (κ3) is 2.46. The summed E-state index contributed by atoms with van der Waals surface area (Å²) < 4.78 is 0. The van der Waals surface area contributed by atoms with Gasteiger partial charge in [-0.1, -0.05) is 19.1 Å². The molecule has 1 atom stereocenters. The number of hydrogen-bond acceptors (Lipinski definition) is 3. The first-order valence-electron chi connectivity index (χ1n) is 8.67. The van der Waals surface area contributed by atoms with Crippen molar-refractivity contribution >= 4 is 11.6 Å². The summed E-state index contributed by atoms with van der Waals surface area (Å²) in [4.78, 5) is 19.5. The number of aromatic nitrogens is 1. The molecule has 124 valence electrons. The molecule has 1 fully saturated rings. The van der Waals surface area contributed by atoms with E-state index in [0.717, 1.165) is 23.4 Å². The van der Waals surface area contributed by atoms with E-state index in [1.54, 1.807) is 11.0 Å². The van der Waals surface area contributed by atoms with Crippen molar-refractivity contribution in [2.45, 2.75) is 44.9 Å². The van der Waals surface area contributed by atoms with E-state index in [4.69, 9.17) is 0 Å². The maximum atomic E-state index is 13.1. The van der Waals surface area contributed by atoms with E-state index in [-0.39, 0.29) is 11.7 Å². The number of fused-ring (bicyclic) bond motifs is 1. The Balaban J connectivity index is 1.72. The Morgan fingerprint density at radius 1 is 1.21 bits per heavy atom. The molecule has 1 aliphatic heterocycles. The molecule has 2 aromatic rings. The Labute approximate surface area is 142 Å². The number of aryl methyl sites for hydroxylation is 1. The molecular formula is C20H22N2O2. The molecule has 0 radical (unpaired) electrons. The van der Waals surface area contributed by atoms with E-state index in [0.29, 0.717) is 29.6 Å². The molecule has 1 aromatic heterocycles. The minimum atomic E-state index is -0.0722. The number of anilines is 1. The Morgan fingerprint density at radius 3 is 2.71 bits per heavy atom. The monoisotopic (exact) mass is 322 g/mol. The van der Waals surface area contributed by atoms with Gasteiger partial charge in [-0.05, 0) is 55.9 Å². The van der Waals surface area contributed by atoms with Gasteiger partial charge in [-0.3, -0.25) is 9.78 Å². The Kier molecular flexibility index (Phi) is 3.56. The number of benzene rings is 1. The Bertz CT molecular complexity index is 811. The first-order valence-corrected chi connectivity index (χ1v) is 8.67. The second-order valence-electron chi connectivity index (χ2n) is 7.00. The summed E-state index contributed by atoms with van der Waals surface area (Å²) in [5.74, 6) is 1.02. The Hall–Kier alpha value is -2.36. The number of amides is 1. The number of phenolic OH excluding ortho intramolecular Hbond substituents is 1. The molecule has 1 N–H and O–H groups in total. The predicted octanol–water partition coefficient (Wildman–Crippen LogP) is 4.13. The third-order valence-corrected chi connectivity index (χ3v) is 5.21. The van der Waals surface area contributed by atoms with Crippen LogP contribution in [0.3, 0.4) is 0 Å². The highest BCUT2D eigenvalue weighted by atomic mass is 16.3. The number of aromatic hydroxyl groups is 1. The predicted molar refractivity (Wildman–Crippen MR) is 93.8 cm³/mol. The number of carbonyl (C=O) groups excluding carboxylic acids is 1. The number of rotatable bonds is 2. The average molecular weight is 322 g/mol. The van der Waals surface area contributed by atoms with Crippen molar-refractivity contribution in [3.05, 3.63) is 52.8 Å². The number of nitrogens with zero attached hydrogens (tertiary/aromatic N) is 2. The molecule has 2 aliphatic rings. The summed E-state index contributed by atoms with van der Waals surface area (Å²) in [6.45, 7) is 4.66. The first-order chi connectivity index (χ1) is 11.6. The fourth-order valence-corrected chi connectivity index (χ4v) is 3.59. The number of carbonyl (C=O) groups is 1. The highest BCUT2D eigenvalue weighted by molar-refractivity contribution is 6.08. The van der Waals surface area contributed by atoms with Gasteiger partial charge in [0.25, 0.3) is 5.91 Å². The van der Waals surface area contributed by atoms with Crippen LogP contribution in [0.4, 0.5) is 5.69 Å². The van der Waals surface area contributed by atoms with Crippen molar-refractivity contribution in [3.8, 4) is 5.75 Å². The van der Waals surface area contributed by atoms with Crippen LogP contribution in [0.25, 0.3) is 0 Å². The number of pyridine rings is 1. The zero-order valence-corrected chi connectivity index (χ0v) is 14.1. The number of phenols is 1. The van der Waals surface area contributed by atoms with Gasteiger partial charge in [0.15, 0.2) is 0 Å². The summed E-state index contributed by atoms with van der Waals surface area (Å²) in [5.41, 5.74) is 4.20. The normalized spacial score (nSPS) is 19.9. The smallest absolute Gasteiger partial charge is 0.260 e. The van der Waals surface area contributed by atoms with Crippen LogP contribution in [0.2, 0.25) is 0 Å². The maximum absolute atomic E-state index is 13.1. The van der Waals surface area contributed by atoms with Crippen LogP contribution in [0.1, 0.15) is 65.3 Å². The van der Waals surface area contributed by atoms with E-state index in [2.05, 4.69) is 11.9 Å². The van der Waals surface area contributed by atoms with Gasteiger partial charge in [0, 0.05) is 18.2 Å². The molecule has 1 saturated carbocycles. The first kappa shape index (κ1) is 15.2. The van der Waals surface area contributed by atoms with E-state index in [1.165, 1.54) is 12.8 Å². The molecule has 1 amide bonds. The summed E-state index contributed by atoms with van der Waals surface area (Å²) in [6, 6.07) is 9.38. The number of para-hydroxylation sites is 1. The van der Waals surface area contributed by atoms with Crippen molar-refractivity contribution in [2.75, 3.05) is 11.4 Å². The van der Waals surface area contributed by atoms with E-state index in [1.807, 2.05) is 31.2 Å². The lowest BCUT2D eigenvalue weighted by Crippen LogP contribution is -2.37. The molecule has 4 heteroatoms. The molecule has 1 aromatic carbocycles. The van der Waals surface area contributed by atoms with Crippen molar-refractivity contribution in [2.24, 2.45) is 0 Å². The molecule has 1 unspecified atom stereocenters. The van der Waals surface area contributed by atoms with Crippen LogP contribution in [0, 0.1) is 6.92 Å². The van der Waals surface area contributed by atoms with Crippen LogP contribution in [0.15, 0.2) is 30.3 Å². The number of hydrogen-bond donors (Lipinski definition) is 1. The largest absolute Gasteiger partial charge is 0.506 e. The molecule has 24 heavy (non-hydrogen) atoms. The van der Waals surface area contributed by atoms with Gasteiger partial charge < -0.3 is 10.0 Å². The highest BCUT2D eigenvalue weighted by Gasteiger charge is 2.31. The molecule has 4 rings (SSSR count). The van der Waals surface area contributed by atoms with E-state index >= 15 is 0 Å². The van der Waals surface area contributed by atoms with Gasteiger partial charge in [-0.2, -0.15) is 0 Å². The van der Waals surface area contributed by atoms with Crippen LogP contribution in [-0.2, 0) is 0 Å². The molecule has 2 heterocycles. The Morgan fingerprint density at radius 2 is 2.00 bits per heavy atom. The minimum absolute atomic E-state index is 0.0722. The zero-order valence-electron chi connectivity index (χ0n) is 14.1. The van der Waals surface area contributed by atoms with Crippen molar-refractivity contribution in [1.82, 2.24) is 4.98 Å². The van der Waals surface area contributed by atoms with Gasteiger partial charge in [0.2, 0.25) is 0 Å². The van der Waals surface area contributed by atoms with Crippen molar-refractivity contribution in [3.63, 3.8) is 0 Å². The standard InChI is InChI=1S/C20H22N2O2/c1-12-10-11-22(19-15(12)4-3-5-18(19)23)20(24)16-8-9-17(14-6-7-14)21-13(16)2/h3-5,8-9,12,14,23H,6-7,10-11H2,1-2H3. The summed E-state index contributed by atoms with van der Waals surface area (Å²) in [6.07, 6.45) is 3.30. The summed E-state index contributed by atoms with van der Waals surface area (Å²) in [5, 5.41) is 10.3. The van der Waals surface area contributed by atoms with E-state index < -0.39 is 0 Å². The van der Waals surface area contributed by atoms with Crippen LogP contribution in [-0.4, -0.2) is 22.5 Å². The average Bonchev–Trinajstić information content (AvgIpc) is 3.40. The maximum Gasteiger partial charge on any atom is 0.260 e. The zero-order chi connectivity index (χ0) is 16.8. The minimum Gasteiger partial charge on any atom is -0.506 e. The van der Waals surface area contributed by atoms with E-state index in [9.17, 15) is 9.90 Å². The van der Waals surface area contributed by atoms with Crippen molar-refractivity contribution in [1.29, 1.82) is 0 Å². The molecule has 0 bridgehead atoms.